The van der Waals surface area contributed by atoms with Crippen molar-refractivity contribution in [1.82, 2.24) is 10.2 Å². The minimum atomic E-state index is -0.462. The summed E-state index contributed by atoms with van der Waals surface area (Å²) in [7, 11) is 3.25. The van der Waals surface area contributed by atoms with Crippen LogP contribution in [0.5, 0.6) is 11.5 Å². The van der Waals surface area contributed by atoms with Crippen LogP contribution in [0.25, 0.3) is 0 Å². The summed E-state index contributed by atoms with van der Waals surface area (Å²) >= 11 is 0. The molecule has 0 radical (unpaired) electrons. The van der Waals surface area contributed by atoms with Gasteiger partial charge in [-0.05, 0) is 36.5 Å². The smallest absolute Gasteiger partial charge is 0.160 e. The van der Waals surface area contributed by atoms with Crippen molar-refractivity contribution in [3.63, 3.8) is 0 Å². The molecule has 0 spiro atoms. The van der Waals surface area contributed by atoms with Crippen molar-refractivity contribution in [2.45, 2.75) is 24.9 Å². The summed E-state index contributed by atoms with van der Waals surface area (Å²) in [6, 6.07) is 5.92. The molecule has 1 aliphatic rings. The third-order valence-corrected chi connectivity index (χ3v) is 3.95. The maximum absolute atomic E-state index is 10.2. The van der Waals surface area contributed by atoms with Crippen LogP contribution in [0.4, 0.5) is 0 Å². The van der Waals surface area contributed by atoms with Crippen LogP contribution in [-0.4, -0.2) is 29.5 Å². The molecule has 3 rings (SSSR count). The van der Waals surface area contributed by atoms with Gasteiger partial charge in [0.05, 0.1) is 26.5 Å². The minimum Gasteiger partial charge on any atom is -0.493 e. The SMILES string of the molecule is COc1ccc(C2Cc3[nH]ncc3C(O)C2)cc1OC. The predicted octanol–water partition coefficient (Wildman–Crippen LogP) is 2.19. The van der Waals surface area contributed by atoms with Gasteiger partial charge in [-0.1, -0.05) is 6.07 Å². The molecule has 0 bridgehead atoms. The van der Waals surface area contributed by atoms with Gasteiger partial charge < -0.3 is 14.6 Å². The molecule has 106 valence electrons. The van der Waals surface area contributed by atoms with Gasteiger partial charge in [-0.3, -0.25) is 5.10 Å². The summed E-state index contributed by atoms with van der Waals surface area (Å²) in [4.78, 5) is 0. The zero-order chi connectivity index (χ0) is 14.1. The quantitative estimate of drug-likeness (QED) is 0.900. The molecule has 1 aromatic heterocycles. The lowest BCUT2D eigenvalue weighted by molar-refractivity contribution is 0.147. The normalized spacial score (nSPS) is 21.4. The van der Waals surface area contributed by atoms with Crippen LogP contribution in [0.3, 0.4) is 0 Å². The molecule has 0 amide bonds. The first kappa shape index (κ1) is 13.0. The fraction of sp³-hybridized carbons (Fsp3) is 0.400. The van der Waals surface area contributed by atoms with Crippen molar-refractivity contribution in [3.05, 3.63) is 41.2 Å². The van der Waals surface area contributed by atoms with Crippen LogP contribution in [0.1, 0.15) is 35.3 Å². The molecule has 0 saturated heterocycles. The van der Waals surface area contributed by atoms with Crippen molar-refractivity contribution in [2.24, 2.45) is 0 Å². The first-order chi connectivity index (χ1) is 9.72. The van der Waals surface area contributed by atoms with Crippen LogP contribution in [-0.2, 0) is 6.42 Å². The summed E-state index contributed by atoms with van der Waals surface area (Å²) in [5.74, 6) is 1.68. The highest BCUT2D eigenvalue weighted by Crippen LogP contribution is 2.40. The van der Waals surface area contributed by atoms with Crippen molar-refractivity contribution >= 4 is 0 Å². The number of nitrogens with one attached hydrogen (secondary N) is 1. The van der Waals surface area contributed by atoms with E-state index in [2.05, 4.69) is 10.2 Å². The van der Waals surface area contributed by atoms with Gasteiger partial charge in [0.1, 0.15) is 0 Å². The number of nitrogens with zero attached hydrogens (tertiary/aromatic N) is 1. The van der Waals surface area contributed by atoms with E-state index in [0.29, 0.717) is 6.42 Å². The van der Waals surface area contributed by atoms with Gasteiger partial charge in [0.15, 0.2) is 11.5 Å². The monoisotopic (exact) mass is 274 g/mol. The highest BCUT2D eigenvalue weighted by molar-refractivity contribution is 5.44. The second-order valence-corrected chi connectivity index (χ2v) is 5.07. The number of hydrogen-bond donors (Lipinski definition) is 2. The van der Waals surface area contributed by atoms with E-state index >= 15 is 0 Å². The Bertz CT molecular complexity index is 609. The largest absolute Gasteiger partial charge is 0.493 e. The van der Waals surface area contributed by atoms with E-state index in [1.165, 1.54) is 0 Å². The zero-order valence-corrected chi connectivity index (χ0v) is 11.6. The Morgan fingerprint density at radius 3 is 2.80 bits per heavy atom. The van der Waals surface area contributed by atoms with Crippen molar-refractivity contribution in [3.8, 4) is 11.5 Å². The molecule has 5 nitrogen and oxygen atoms in total. The zero-order valence-electron chi connectivity index (χ0n) is 11.6. The highest BCUT2D eigenvalue weighted by Gasteiger charge is 2.28. The molecule has 0 fully saturated rings. The number of benzene rings is 1. The molecule has 0 saturated carbocycles. The third kappa shape index (κ3) is 2.14. The Morgan fingerprint density at radius 2 is 2.05 bits per heavy atom. The molecular formula is C15H18N2O3. The van der Waals surface area contributed by atoms with Crippen LogP contribution in [0.15, 0.2) is 24.4 Å². The second-order valence-electron chi connectivity index (χ2n) is 5.07. The number of aromatic amines is 1. The maximum Gasteiger partial charge on any atom is 0.160 e. The van der Waals surface area contributed by atoms with Crippen LogP contribution in [0.2, 0.25) is 0 Å². The Labute approximate surface area is 117 Å². The number of H-pyrrole nitrogens is 1. The molecule has 2 aromatic rings. The molecule has 1 aromatic carbocycles. The van der Waals surface area contributed by atoms with E-state index in [1.807, 2.05) is 18.2 Å². The molecule has 2 N–H and O–H groups in total. The van der Waals surface area contributed by atoms with Gasteiger partial charge in [-0.15, -0.1) is 0 Å². The van der Waals surface area contributed by atoms with E-state index in [-0.39, 0.29) is 5.92 Å². The molecule has 0 aliphatic heterocycles. The molecule has 2 atom stereocenters. The van der Waals surface area contributed by atoms with Crippen molar-refractivity contribution in [1.29, 1.82) is 0 Å². The van der Waals surface area contributed by atoms with Crippen molar-refractivity contribution < 1.29 is 14.6 Å². The van der Waals surface area contributed by atoms with Gasteiger partial charge >= 0.3 is 0 Å². The summed E-state index contributed by atoms with van der Waals surface area (Å²) < 4.78 is 10.6. The molecule has 1 aliphatic carbocycles. The number of hydrogen-bond acceptors (Lipinski definition) is 4. The number of fused-ring (bicyclic) bond motifs is 1. The summed E-state index contributed by atoms with van der Waals surface area (Å²) in [5.41, 5.74) is 3.08. The molecular weight excluding hydrogens is 256 g/mol. The lowest BCUT2D eigenvalue weighted by Crippen LogP contribution is -2.16. The van der Waals surface area contributed by atoms with E-state index in [1.54, 1.807) is 20.4 Å². The first-order valence-electron chi connectivity index (χ1n) is 6.65. The Balaban J connectivity index is 1.91. The van der Waals surface area contributed by atoms with E-state index < -0.39 is 6.10 Å². The standard InChI is InChI=1S/C15H18N2O3/c1-19-14-4-3-9(7-15(14)20-2)10-5-12-11(8-16-17-12)13(18)6-10/h3-4,7-8,10,13,18H,5-6H2,1-2H3,(H,16,17). The number of rotatable bonds is 3. The van der Waals surface area contributed by atoms with Gasteiger partial charge in [0.2, 0.25) is 0 Å². The van der Waals surface area contributed by atoms with Crippen LogP contribution in [0, 0.1) is 0 Å². The lowest BCUT2D eigenvalue weighted by atomic mass is 9.81. The van der Waals surface area contributed by atoms with E-state index in [0.717, 1.165) is 34.7 Å². The second kappa shape index (κ2) is 5.17. The number of ether oxygens (including phenoxy) is 2. The number of aliphatic hydroxyl groups excluding tert-OH is 1. The molecule has 20 heavy (non-hydrogen) atoms. The molecule has 5 heteroatoms. The highest BCUT2D eigenvalue weighted by atomic mass is 16.5. The van der Waals surface area contributed by atoms with Gasteiger partial charge in [-0.25, -0.2) is 0 Å². The Morgan fingerprint density at radius 1 is 1.25 bits per heavy atom. The van der Waals surface area contributed by atoms with Gasteiger partial charge in [0, 0.05) is 11.3 Å². The third-order valence-electron chi connectivity index (χ3n) is 3.95. The maximum atomic E-state index is 10.2. The summed E-state index contributed by atoms with van der Waals surface area (Å²) in [6.07, 6.45) is 2.80. The number of aromatic nitrogens is 2. The molecule has 1 heterocycles. The summed E-state index contributed by atoms with van der Waals surface area (Å²) in [6.45, 7) is 0. The predicted molar refractivity (Wildman–Crippen MR) is 74.2 cm³/mol. The number of aliphatic hydroxyl groups is 1. The minimum absolute atomic E-state index is 0.248. The van der Waals surface area contributed by atoms with Gasteiger partial charge in [-0.2, -0.15) is 5.10 Å². The fourth-order valence-corrected chi connectivity index (χ4v) is 2.86. The summed E-state index contributed by atoms with van der Waals surface area (Å²) in [5, 5.41) is 17.2. The average molecular weight is 274 g/mol. The number of methoxy groups -OCH3 is 2. The van der Waals surface area contributed by atoms with E-state index in [9.17, 15) is 5.11 Å². The molecule has 2 unspecified atom stereocenters. The fourth-order valence-electron chi connectivity index (χ4n) is 2.86. The Hall–Kier alpha value is -2.01. The van der Waals surface area contributed by atoms with Crippen molar-refractivity contribution in [2.75, 3.05) is 14.2 Å². The van der Waals surface area contributed by atoms with Crippen LogP contribution >= 0.6 is 0 Å². The average Bonchev–Trinajstić information content (AvgIpc) is 2.95. The topological polar surface area (TPSA) is 67.4 Å². The van der Waals surface area contributed by atoms with Crippen LogP contribution < -0.4 is 9.47 Å². The van der Waals surface area contributed by atoms with E-state index in [4.69, 9.17) is 9.47 Å². The van der Waals surface area contributed by atoms with Gasteiger partial charge in [0.25, 0.3) is 0 Å². The first-order valence-corrected chi connectivity index (χ1v) is 6.65. The Kier molecular flexibility index (Phi) is 3.36. The lowest BCUT2D eigenvalue weighted by Gasteiger charge is -2.26.